The van der Waals surface area contributed by atoms with E-state index in [4.69, 9.17) is 17.2 Å². The molecule has 0 aliphatic heterocycles. The number of primary amides is 1. The van der Waals surface area contributed by atoms with Crippen LogP contribution >= 0.6 is 24.4 Å². The average Bonchev–Trinajstić information content (AvgIpc) is 2.76. The molecule has 0 aromatic rings. The van der Waals surface area contributed by atoms with Gasteiger partial charge in [0.25, 0.3) is 0 Å². The van der Waals surface area contributed by atoms with E-state index in [0.717, 1.165) is 0 Å². The van der Waals surface area contributed by atoms with E-state index in [0.29, 0.717) is 31.6 Å². The number of rotatable bonds is 18. The molecule has 0 radical (unpaired) electrons. The molecule has 0 aliphatic rings. The summed E-state index contributed by atoms with van der Waals surface area (Å²) in [6, 6.07) is -4.34. The largest absolute Gasteiger partial charge is 0.480 e. The number of aliphatic carboxylic acids is 1. The van der Waals surface area contributed by atoms with Crippen molar-refractivity contribution in [1.29, 1.82) is 0 Å². The minimum Gasteiger partial charge on any atom is -0.480 e. The van der Waals surface area contributed by atoms with E-state index in [2.05, 4.69) is 28.6 Å². The molecule has 4 atom stereocenters. The van der Waals surface area contributed by atoms with Gasteiger partial charge in [0.15, 0.2) is 0 Å². The highest BCUT2D eigenvalue weighted by Crippen LogP contribution is 2.05. The summed E-state index contributed by atoms with van der Waals surface area (Å²) in [5, 5.41) is 16.7. The number of thiol groups is 1. The zero-order chi connectivity index (χ0) is 25.4. The number of nitrogens with two attached hydrogens (primary N) is 3. The molecule has 12 nitrogen and oxygen atoms in total. The molecule has 0 aromatic carbocycles. The van der Waals surface area contributed by atoms with Crippen molar-refractivity contribution in [3.05, 3.63) is 0 Å². The van der Waals surface area contributed by atoms with Crippen molar-refractivity contribution in [2.75, 3.05) is 24.3 Å². The first-order chi connectivity index (χ1) is 15.6. The van der Waals surface area contributed by atoms with Gasteiger partial charge in [-0.15, -0.1) is 0 Å². The number of amides is 4. The summed E-state index contributed by atoms with van der Waals surface area (Å²) < 4.78 is 0. The Morgan fingerprint density at radius 2 is 1.48 bits per heavy atom. The number of carboxylic acid groups (broad SMARTS) is 1. The summed E-state index contributed by atoms with van der Waals surface area (Å²) in [7, 11) is 0. The molecular weight excluding hydrogens is 472 g/mol. The van der Waals surface area contributed by atoms with Gasteiger partial charge < -0.3 is 38.3 Å². The van der Waals surface area contributed by atoms with Crippen LogP contribution in [0.25, 0.3) is 0 Å². The third-order valence-electron chi connectivity index (χ3n) is 4.66. The van der Waals surface area contributed by atoms with Gasteiger partial charge in [0.1, 0.15) is 18.1 Å². The molecule has 4 amide bonds. The molecule has 0 aliphatic carbocycles. The van der Waals surface area contributed by atoms with Crippen LogP contribution in [0, 0.1) is 0 Å². The number of hydrogen-bond acceptors (Lipinski definition) is 9. The summed E-state index contributed by atoms with van der Waals surface area (Å²) >= 11 is 5.60. The quantitative estimate of drug-likeness (QED) is 0.0751. The second-order valence-electron chi connectivity index (χ2n) is 7.38. The fourth-order valence-corrected chi connectivity index (χ4v) is 3.45. The first-order valence-electron chi connectivity index (χ1n) is 10.5. The Morgan fingerprint density at radius 1 is 0.909 bits per heavy atom. The molecular formula is C19H36N6O6S2. The molecule has 190 valence electrons. The van der Waals surface area contributed by atoms with Crippen molar-refractivity contribution in [2.45, 2.75) is 62.7 Å². The van der Waals surface area contributed by atoms with Crippen LogP contribution in [0.3, 0.4) is 0 Å². The fourth-order valence-electron chi connectivity index (χ4n) is 2.70. The van der Waals surface area contributed by atoms with Crippen molar-refractivity contribution in [3.63, 3.8) is 0 Å². The summed E-state index contributed by atoms with van der Waals surface area (Å²) in [6.45, 7) is 0.384. The lowest BCUT2D eigenvalue weighted by Gasteiger charge is -2.24. The van der Waals surface area contributed by atoms with Gasteiger partial charge in [0.2, 0.25) is 23.6 Å². The third-order valence-corrected chi connectivity index (χ3v) is 5.67. The van der Waals surface area contributed by atoms with E-state index in [1.807, 2.05) is 6.26 Å². The van der Waals surface area contributed by atoms with Crippen molar-refractivity contribution in [1.82, 2.24) is 16.0 Å². The standard InChI is InChI=1S/C19H36N6O6S2/c1-33-9-7-11(21)16(27)25-14(10-32)18(29)23-12(5-6-15(22)26)17(28)24-13(19(30)31)4-2-3-8-20/h11-14,32H,2-10,20-21H2,1H3,(H2,22,26)(H,23,29)(H,24,28)(H,25,27)(H,30,31). The van der Waals surface area contributed by atoms with Gasteiger partial charge in [-0.25, -0.2) is 4.79 Å². The first-order valence-corrected chi connectivity index (χ1v) is 12.6. The number of carbonyl (C=O) groups is 5. The Bertz CT molecular complexity index is 669. The molecule has 33 heavy (non-hydrogen) atoms. The van der Waals surface area contributed by atoms with Crippen LogP contribution in [0.4, 0.5) is 0 Å². The monoisotopic (exact) mass is 508 g/mol. The normalized spacial score (nSPS) is 14.4. The fraction of sp³-hybridized carbons (Fsp3) is 0.737. The maximum atomic E-state index is 12.7. The number of nitrogens with one attached hydrogen (secondary N) is 3. The molecule has 0 saturated heterocycles. The lowest BCUT2D eigenvalue weighted by molar-refractivity contribution is -0.142. The lowest BCUT2D eigenvalue weighted by atomic mass is 10.1. The first kappa shape index (κ1) is 31.0. The van der Waals surface area contributed by atoms with E-state index >= 15 is 0 Å². The van der Waals surface area contributed by atoms with E-state index in [-0.39, 0.29) is 25.0 Å². The highest BCUT2D eigenvalue weighted by molar-refractivity contribution is 7.98. The SMILES string of the molecule is CSCCC(N)C(=O)NC(CS)C(=O)NC(CCC(N)=O)C(=O)NC(CCCCN)C(=O)O. The highest BCUT2D eigenvalue weighted by Gasteiger charge is 2.29. The van der Waals surface area contributed by atoms with E-state index in [1.54, 1.807) is 0 Å². The van der Waals surface area contributed by atoms with Crippen LogP contribution in [-0.2, 0) is 24.0 Å². The zero-order valence-electron chi connectivity index (χ0n) is 18.7. The molecule has 10 N–H and O–H groups in total. The van der Waals surface area contributed by atoms with Crippen LogP contribution in [0.2, 0.25) is 0 Å². The van der Waals surface area contributed by atoms with E-state index < -0.39 is 53.8 Å². The lowest BCUT2D eigenvalue weighted by Crippen LogP contribution is -2.57. The Morgan fingerprint density at radius 3 is 2.00 bits per heavy atom. The van der Waals surface area contributed by atoms with Crippen molar-refractivity contribution in [3.8, 4) is 0 Å². The number of unbranched alkanes of at least 4 members (excludes halogenated alkanes) is 1. The van der Waals surface area contributed by atoms with Gasteiger partial charge in [0, 0.05) is 12.2 Å². The molecule has 0 heterocycles. The van der Waals surface area contributed by atoms with Gasteiger partial charge in [-0.2, -0.15) is 24.4 Å². The summed E-state index contributed by atoms with van der Waals surface area (Å²) in [5.74, 6) is -3.40. The predicted octanol–water partition coefficient (Wildman–Crippen LogP) is -2.07. The average molecular weight is 509 g/mol. The van der Waals surface area contributed by atoms with Crippen LogP contribution in [-0.4, -0.2) is 83.2 Å². The Kier molecular flexibility index (Phi) is 16.4. The minimum atomic E-state index is -1.24. The van der Waals surface area contributed by atoms with Crippen molar-refractivity contribution >= 4 is 54.0 Å². The maximum Gasteiger partial charge on any atom is 0.326 e. The Hall–Kier alpha value is -2.03. The molecule has 0 rings (SSSR count). The predicted molar refractivity (Wildman–Crippen MR) is 130 cm³/mol. The molecule has 0 aromatic heterocycles. The minimum absolute atomic E-state index is 0.0756. The smallest absolute Gasteiger partial charge is 0.326 e. The second kappa shape index (κ2) is 17.4. The Balaban J connectivity index is 5.25. The molecule has 4 unspecified atom stereocenters. The van der Waals surface area contributed by atoms with Crippen LogP contribution in [0.5, 0.6) is 0 Å². The topological polar surface area (TPSA) is 220 Å². The van der Waals surface area contributed by atoms with Gasteiger partial charge in [0.05, 0.1) is 6.04 Å². The van der Waals surface area contributed by atoms with Gasteiger partial charge in [-0.3, -0.25) is 19.2 Å². The molecule has 0 spiro atoms. The number of carboxylic acids is 1. The van der Waals surface area contributed by atoms with Crippen LogP contribution < -0.4 is 33.2 Å². The molecule has 0 fully saturated rings. The van der Waals surface area contributed by atoms with Crippen molar-refractivity contribution < 1.29 is 29.1 Å². The van der Waals surface area contributed by atoms with Gasteiger partial charge >= 0.3 is 5.97 Å². The molecule has 0 saturated carbocycles. The second-order valence-corrected chi connectivity index (χ2v) is 8.73. The van der Waals surface area contributed by atoms with E-state index in [9.17, 15) is 29.1 Å². The van der Waals surface area contributed by atoms with E-state index in [1.165, 1.54) is 11.8 Å². The van der Waals surface area contributed by atoms with Gasteiger partial charge in [-0.1, -0.05) is 0 Å². The number of hydrogen-bond donors (Lipinski definition) is 8. The highest BCUT2D eigenvalue weighted by atomic mass is 32.2. The number of thioether (sulfide) groups is 1. The summed E-state index contributed by atoms with van der Waals surface area (Å²) in [4.78, 5) is 60.3. The Labute approximate surface area is 203 Å². The maximum absolute atomic E-state index is 12.7. The van der Waals surface area contributed by atoms with Crippen LogP contribution in [0.1, 0.15) is 38.5 Å². The summed E-state index contributed by atoms with van der Waals surface area (Å²) in [5.41, 5.74) is 16.4. The number of carbonyl (C=O) groups excluding carboxylic acids is 4. The molecule has 0 bridgehead atoms. The van der Waals surface area contributed by atoms with Crippen LogP contribution in [0.15, 0.2) is 0 Å². The molecule has 14 heteroatoms. The van der Waals surface area contributed by atoms with Gasteiger partial charge in [-0.05, 0) is 50.7 Å². The third kappa shape index (κ3) is 13.3. The van der Waals surface area contributed by atoms with Crippen molar-refractivity contribution in [2.24, 2.45) is 17.2 Å². The summed E-state index contributed by atoms with van der Waals surface area (Å²) in [6.07, 6.45) is 3.14. The zero-order valence-corrected chi connectivity index (χ0v) is 20.5.